The Balaban J connectivity index is 1.82. The van der Waals surface area contributed by atoms with Crippen molar-refractivity contribution in [2.75, 3.05) is 0 Å². The van der Waals surface area contributed by atoms with Gasteiger partial charge in [-0.1, -0.05) is 44.4 Å². The fourth-order valence-electron chi connectivity index (χ4n) is 4.12. The predicted octanol–water partition coefficient (Wildman–Crippen LogP) is 6.14. The molecule has 0 bridgehead atoms. The average Bonchev–Trinajstić information content (AvgIpc) is 2.54. The lowest BCUT2D eigenvalue weighted by atomic mass is 9.69. The normalized spacial score (nSPS) is 28.5. The van der Waals surface area contributed by atoms with Crippen molar-refractivity contribution < 1.29 is 8.78 Å². The molecule has 0 heterocycles. The molecule has 1 aromatic carbocycles. The zero-order chi connectivity index (χ0) is 15.5. The van der Waals surface area contributed by atoms with Gasteiger partial charge in [-0.25, -0.2) is 8.78 Å². The summed E-state index contributed by atoms with van der Waals surface area (Å²) in [7, 11) is 0. The molecule has 2 heteroatoms. The van der Waals surface area contributed by atoms with Crippen molar-refractivity contribution in [3.05, 3.63) is 53.6 Å². The number of allylic oxidation sites excluding steroid dienone is 4. The first kappa shape index (κ1) is 15.5. The van der Waals surface area contributed by atoms with Gasteiger partial charge in [-0.15, -0.1) is 0 Å². The Morgan fingerprint density at radius 2 is 1.68 bits per heavy atom. The summed E-state index contributed by atoms with van der Waals surface area (Å²) >= 11 is 0. The number of hydrogen-bond acceptors (Lipinski definition) is 0. The van der Waals surface area contributed by atoms with Crippen LogP contribution in [-0.4, -0.2) is 0 Å². The van der Waals surface area contributed by atoms with E-state index in [0.29, 0.717) is 17.4 Å². The highest BCUT2D eigenvalue weighted by Crippen LogP contribution is 2.43. The second-order valence-electron chi connectivity index (χ2n) is 6.74. The Labute approximate surface area is 131 Å². The maximum absolute atomic E-state index is 13.6. The summed E-state index contributed by atoms with van der Waals surface area (Å²) in [6.07, 6.45) is 13.6. The summed E-state index contributed by atoms with van der Waals surface area (Å²) < 4.78 is 27.1. The van der Waals surface area contributed by atoms with Crippen molar-refractivity contribution >= 4 is 5.57 Å². The zero-order valence-corrected chi connectivity index (χ0v) is 13.2. The molecule has 2 aliphatic rings. The molecular weight excluding hydrogens is 278 g/mol. The van der Waals surface area contributed by atoms with Gasteiger partial charge in [-0.2, -0.15) is 0 Å². The minimum absolute atomic E-state index is 0.406. The van der Waals surface area contributed by atoms with Crippen LogP contribution in [0.5, 0.6) is 0 Å². The quantitative estimate of drug-likeness (QED) is 0.629. The van der Waals surface area contributed by atoms with E-state index in [4.69, 9.17) is 0 Å². The Kier molecular flexibility index (Phi) is 4.75. The third-order valence-electron chi connectivity index (χ3n) is 5.44. The molecule has 0 aliphatic heterocycles. The summed E-state index contributed by atoms with van der Waals surface area (Å²) in [6, 6.07) is 3.89. The number of benzene rings is 1. The maximum Gasteiger partial charge on any atom is 0.126 e. The highest BCUT2D eigenvalue weighted by Gasteiger charge is 2.30. The molecule has 22 heavy (non-hydrogen) atoms. The third-order valence-corrected chi connectivity index (χ3v) is 5.44. The van der Waals surface area contributed by atoms with Crippen molar-refractivity contribution in [2.24, 2.45) is 17.8 Å². The lowest BCUT2D eigenvalue weighted by Crippen LogP contribution is -2.23. The molecule has 1 saturated carbocycles. The van der Waals surface area contributed by atoms with E-state index in [-0.39, 0.29) is 0 Å². The second kappa shape index (κ2) is 6.76. The SMILES string of the molecule is CCC1CCC(C2CC=CC=C2c2cc(F)cc(F)c2)CC1. The van der Waals surface area contributed by atoms with Crippen LogP contribution in [0.2, 0.25) is 0 Å². The largest absolute Gasteiger partial charge is 0.207 e. The fourth-order valence-corrected chi connectivity index (χ4v) is 4.12. The van der Waals surface area contributed by atoms with Crippen LogP contribution in [0.1, 0.15) is 51.0 Å². The Hall–Kier alpha value is -1.44. The molecule has 0 N–H and O–H groups in total. The number of rotatable bonds is 3. The van der Waals surface area contributed by atoms with E-state index in [0.717, 1.165) is 24.0 Å². The maximum atomic E-state index is 13.6. The van der Waals surface area contributed by atoms with Crippen LogP contribution >= 0.6 is 0 Å². The molecule has 0 nitrogen and oxygen atoms in total. The molecule has 0 amide bonds. The summed E-state index contributed by atoms with van der Waals surface area (Å²) in [4.78, 5) is 0. The molecule has 1 atom stereocenters. The van der Waals surface area contributed by atoms with Crippen LogP contribution in [0.4, 0.5) is 8.78 Å². The van der Waals surface area contributed by atoms with Gasteiger partial charge in [-0.3, -0.25) is 0 Å². The average molecular weight is 302 g/mol. The van der Waals surface area contributed by atoms with Crippen molar-refractivity contribution in [1.29, 1.82) is 0 Å². The van der Waals surface area contributed by atoms with Gasteiger partial charge in [0.15, 0.2) is 0 Å². The zero-order valence-electron chi connectivity index (χ0n) is 13.2. The molecule has 3 rings (SSSR count). The van der Waals surface area contributed by atoms with E-state index >= 15 is 0 Å². The first-order chi connectivity index (χ1) is 10.7. The molecular formula is C20H24F2. The molecule has 1 unspecified atom stereocenters. The second-order valence-corrected chi connectivity index (χ2v) is 6.74. The fraction of sp³-hybridized carbons (Fsp3) is 0.500. The monoisotopic (exact) mass is 302 g/mol. The van der Waals surface area contributed by atoms with Crippen LogP contribution in [0.3, 0.4) is 0 Å². The molecule has 1 fully saturated rings. The van der Waals surface area contributed by atoms with E-state index in [1.54, 1.807) is 0 Å². The van der Waals surface area contributed by atoms with Crippen LogP contribution < -0.4 is 0 Å². The minimum atomic E-state index is -0.487. The van der Waals surface area contributed by atoms with Crippen LogP contribution in [-0.2, 0) is 0 Å². The topological polar surface area (TPSA) is 0 Å². The van der Waals surface area contributed by atoms with Gasteiger partial charge >= 0.3 is 0 Å². The summed E-state index contributed by atoms with van der Waals surface area (Å²) in [5.41, 5.74) is 1.82. The van der Waals surface area contributed by atoms with Crippen LogP contribution in [0.25, 0.3) is 5.57 Å². The highest BCUT2D eigenvalue weighted by molar-refractivity contribution is 5.70. The van der Waals surface area contributed by atoms with Crippen molar-refractivity contribution in [1.82, 2.24) is 0 Å². The first-order valence-electron chi connectivity index (χ1n) is 8.50. The molecule has 118 valence electrons. The van der Waals surface area contributed by atoms with Crippen LogP contribution in [0.15, 0.2) is 36.4 Å². The van der Waals surface area contributed by atoms with Gasteiger partial charge in [-0.05, 0) is 60.3 Å². The van der Waals surface area contributed by atoms with Gasteiger partial charge in [0.25, 0.3) is 0 Å². The number of halogens is 2. The Morgan fingerprint density at radius 3 is 2.32 bits per heavy atom. The van der Waals surface area contributed by atoms with E-state index in [9.17, 15) is 8.78 Å². The molecule has 1 aromatic rings. The molecule has 0 spiro atoms. The van der Waals surface area contributed by atoms with E-state index in [1.807, 2.05) is 12.2 Å². The highest BCUT2D eigenvalue weighted by atomic mass is 19.1. The predicted molar refractivity (Wildman–Crippen MR) is 87.3 cm³/mol. The summed E-state index contributed by atoms with van der Waals surface area (Å²) in [5, 5.41) is 0. The molecule has 0 radical (unpaired) electrons. The molecule has 0 aromatic heterocycles. The summed E-state index contributed by atoms with van der Waals surface area (Å²) in [6.45, 7) is 2.27. The standard InChI is InChI=1S/C20H24F2/c1-2-14-7-9-15(10-8-14)19-5-3-4-6-20(19)16-11-17(21)13-18(22)12-16/h3-4,6,11-15,19H,2,5,7-10H2,1H3. The summed E-state index contributed by atoms with van der Waals surface area (Å²) in [5.74, 6) is 0.946. The smallest absolute Gasteiger partial charge is 0.126 e. The van der Waals surface area contributed by atoms with Gasteiger partial charge in [0.2, 0.25) is 0 Å². The van der Waals surface area contributed by atoms with E-state index < -0.39 is 11.6 Å². The van der Waals surface area contributed by atoms with Gasteiger partial charge < -0.3 is 0 Å². The van der Waals surface area contributed by atoms with Crippen molar-refractivity contribution in [3.8, 4) is 0 Å². The van der Waals surface area contributed by atoms with E-state index in [2.05, 4.69) is 13.0 Å². The Morgan fingerprint density at radius 1 is 1.00 bits per heavy atom. The third kappa shape index (κ3) is 3.31. The lowest BCUT2D eigenvalue weighted by molar-refractivity contribution is 0.230. The number of hydrogen-bond donors (Lipinski definition) is 0. The Bertz CT molecular complexity index is 557. The van der Waals surface area contributed by atoms with Crippen molar-refractivity contribution in [2.45, 2.75) is 45.4 Å². The first-order valence-corrected chi connectivity index (χ1v) is 8.50. The van der Waals surface area contributed by atoms with Crippen molar-refractivity contribution in [3.63, 3.8) is 0 Å². The minimum Gasteiger partial charge on any atom is -0.207 e. The van der Waals surface area contributed by atoms with Crippen LogP contribution in [0, 0.1) is 29.4 Å². The molecule has 0 saturated heterocycles. The van der Waals surface area contributed by atoms with Gasteiger partial charge in [0, 0.05) is 6.07 Å². The van der Waals surface area contributed by atoms with Gasteiger partial charge in [0.1, 0.15) is 11.6 Å². The van der Waals surface area contributed by atoms with Gasteiger partial charge in [0.05, 0.1) is 0 Å². The van der Waals surface area contributed by atoms with E-state index in [1.165, 1.54) is 44.2 Å². The lowest BCUT2D eigenvalue weighted by Gasteiger charge is -2.35. The molecule has 2 aliphatic carbocycles.